The van der Waals surface area contributed by atoms with E-state index in [-0.39, 0.29) is 12.1 Å². The minimum atomic E-state index is -0.498. The zero-order chi connectivity index (χ0) is 17.7. The fourth-order valence-corrected chi connectivity index (χ4v) is 3.27. The van der Waals surface area contributed by atoms with Gasteiger partial charge in [0.1, 0.15) is 11.6 Å². The lowest BCUT2D eigenvalue weighted by Crippen LogP contribution is -2.41. The van der Waals surface area contributed by atoms with Gasteiger partial charge in [-0.15, -0.1) is 0 Å². The van der Waals surface area contributed by atoms with Crippen LogP contribution in [0.5, 0.6) is 5.75 Å². The first kappa shape index (κ1) is 18.5. The Kier molecular flexibility index (Phi) is 6.43. The zero-order valence-corrected chi connectivity index (χ0v) is 14.8. The van der Waals surface area contributed by atoms with Crippen molar-refractivity contribution in [3.63, 3.8) is 0 Å². The Balaban J connectivity index is 1.91. The van der Waals surface area contributed by atoms with Crippen molar-refractivity contribution in [1.82, 2.24) is 10.6 Å². The second-order valence-electron chi connectivity index (χ2n) is 6.56. The number of benzene rings is 1. The van der Waals surface area contributed by atoms with Gasteiger partial charge in [0, 0.05) is 19.1 Å². The molecule has 0 saturated carbocycles. The second-order valence-corrected chi connectivity index (χ2v) is 6.56. The van der Waals surface area contributed by atoms with Gasteiger partial charge in [-0.25, -0.2) is 9.18 Å². The van der Waals surface area contributed by atoms with Crippen LogP contribution >= 0.6 is 0 Å². The highest BCUT2D eigenvalue weighted by Crippen LogP contribution is 2.28. The summed E-state index contributed by atoms with van der Waals surface area (Å²) in [6.07, 6.45) is 1.12. The van der Waals surface area contributed by atoms with Crippen molar-refractivity contribution in [2.45, 2.75) is 39.3 Å². The van der Waals surface area contributed by atoms with E-state index >= 15 is 0 Å². The molecule has 1 aliphatic rings. The van der Waals surface area contributed by atoms with Gasteiger partial charge in [-0.2, -0.15) is 0 Å². The van der Waals surface area contributed by atoms with Gasteiger partial charge in [0.25, 0.3) is 0 Å². The van der Waals surface area contributed by atoms with Gasteiger partial charge in [0.05, 0.1) is 24.8 Å². The number of halogens is 1. The van der Waals surface area contributed by atoms with Gasteiger partial charge >= 0.3 is 6.03 Å². The molecule has 1 aromatic carbocycles. The smallest absolute Gasteiger partial charge is 0.315 e. The summed E-state index contributed by atoms with van der Waals surface area (Å²) >= 11 is 0. The Hall–Kier alpha value is -1.82. The van der Waals surface area contributed by atoms with Crippen molar-refractivity contribution in [3.05, 3.63) is 29.6 Å². The largest absolute Gasteiger partial charge is 0.496 e. The molecule has 1 fully saturated rings. The molecule has 0 aliphatic carbocycles. The molecule has 1 aromatic rings. The van der Waals surface area contributed by atoms with Crippen molar-refractivity contribution in [2.75, 3.05) is 20.3 Å². The number of rotatable bonds is 6. The van der Waals surface area contributed by atoms with Crippen molar-refractivity contribution in [3.8, 4) is 5.75 Å². The van der Waals surface area contributed by atoms with E-state index in [9.17, 15) is 9.18 Å². The molecule has 0 bridgehead atoms. The van der Waals surface area contributed by atoms with Gasteiger partial charge in [-0.1, -0.05) is 19.9 Å². The van der Waals surface area contributed by atoms with E-state index in [1.54, 1.807) is 19.1 Å². The Morgan fingerprint density at radius 1 is 1.42 bits per heavy atom. The van der Waals surface area contributed by atoms with Gasteiger partial charge in [0.15, 0.2) is 0 Å². The molecule has 0 unspecified atom stereocenters. The summed E-state index contributed by atoms with van der Waals surface area (Å²) in [5.41, 5.74) is 0.347. The topological polar surface area (TPSA) is 59.6 Å². The molecule has 0 aromatic heterocycles. The lowest BCUT2D eigenvalue weighted by molar-refractivity contribution is 0.0545. The number of hydrogen-bond donors (Lipinski definition) is 2. The molecule has 24 heavy (non-hydrogen) atoms. The van der Waals surface area contributed by atoms with Crippen LogP contribution in [-0.4, -0.2) is 32.4 Å². The fraction of sp³-hybridized carbons (Fsp3) is 0.611. The van der Waals surface area contributed by atoms with Crippen LogP contribution in [0.2, 0.25) is 0 Å². The molecule has 1 aliphatic heterocycles. The summed E-state index contributed by atoms with van der Waals surface area (Å²) in [6, 6.07) is 3.80. The van der Waals surface area contributed by atoms with E-state index in [1.807, 2.05) is 0 Å². The number of carbonyl (C=O) groups excluding carboxylic acids is 1. The molecule has 1 saturated heterocycles. The van der Waals surface area contributed by atoms with Crippen molar-refractivity contribution >= 4 is 6.03 Å². The zero-order valence-electron chi connectivity index (χ0n) is 14.8. The van der Waals surface area contributed by atoms with Crippen LogP contribution in [-0.2, 0) is 4.74 Å². The third-order valence-corrected chi connectivity index (χ3v) is 4.46. The summed E-state index contributed by atoms with van der Waals surface area (Å²) in [7, 11) is 1.48. The molecule has 6 heteroatoms. The molecule has 1 heterocycles. The minimum absolute atomic E-state index is 0.175. The standard InChI is InChI=1S/C18H27FN2O3/c1-11(2)17-13(8-9-24-17)10-20-18(22)21-12(3)16-14(19)6-5-7-15(16)23-4/h5-7,11-13,17H,8-10H2,1-4H3,(H2,20,21,22)/t12-,13-,17-/m1/s1. The van der Waals surface area contributed by atoms with E-state index in [0.717, 1.165) is 13.0 Å². The van der Waals surface area contributed by atoms with Gasteiger partial charge in [-0.05, 0) is 31.4 Å². The lowest BCUT2D eigenvalue weighted by Gasteiger charge is -2.23. The number of methoxy groups -OCH3 is 1. The molecular weight excluding hydrogens is 311 g/mol. The number of ether oxygens (including phenoxy) is 2. The van der Waals surface area contributed by atoms with Crippen LogP contribution in [0.3, 0.4) is 0 Å². The van der Waals surface area contributed by atoms with E-state index in [2.05, 4.69) is 24.5 Å². The van der Waals surface area contributed by atoms with E-state index < -0.39 is 11.9 Å². The number of carbonyl (C=O) groups is 1. The van der Waals surface area contributed by atoms with Crippen LogP contribution < -0.4 is 15.4 Å². The Morgan fingerprint density at radius 2 is 2.17 bits per heavy atom. The maximum Gasteiger partial charge on any atom is 0.315 e. The molecule has 3 atom stereocenters. The average Bonchev–Trinajstić information content (AvgIpc) is 3.01. The lowest BCUT2D eigenvalue weighted by atomic mass is 9.93. The normalized spacial score (nSPS) is 21.6. The molecule has 0 spiro atoms. The van der Waals surface area contributed by atoms with Gasteiger partial charge < -0.3 is 20.1 Å². The first-order valence-corrected chi connectivity index (χ1v) is 8.42. The number of nitrogens with one attached hydrogen (secondary N) is 2. The predicted octanol–water partition coefficient (Wildman–Crippen LogP) is 3.26. The van der Waals surface area contributed by atoms with Crippen LogP contribution in [0.25, 0.3) is 0 Å². The minimum Gasteiger partial charge on any atom is -0.496 e. The summed E-state index contributed by atoms with van der Waals surface area (Å²) < 4.78 is 24.9. The third kappa shape index (κ3) is 4.38. The maximum absolute atomic E-state index is 14.0. The van der Waals surface area contributed by atoms with Crippen molar-refractivity contribution in [1.29, 1.82) is 0 Å². The van der Waals surface area contributed by atoms with Crippen LogP contribution in [0.1, 0.15) is 38.8 Å². The first-order chi connectivity index (χ1) is 11.4. The SMILES string of the molecule is COc1cccc(F)c1[C@@H](C)NC(=O)NC[C@H]1CCO[C@@H]1C(C)C. The van der Waals surface area contributed by atoms with Crippen LogP contribution in [0.15, 0.2) is 18.2 Å². The quantitative estimate of drug-likeness (QED) is 0.837. The molecule has 0 radical (unpaired) electrons. The van der Waals surface area contributed by atoms with Crippen LogP contribution in [0, 0.1) is 17.7 Å². The highest BCUT2D eigenvalue weighted by molar-refractivity contribution is 5.74. The first-order valence-electron chi connectivity index (χ1n) is 8.42. The maximum atomic E-state index is 14.0. The molecule has 2 amide bonds. The van der Waals surface area contributed by atoms with E-state index in [1.165, 1.54) is 13.2 Å². The number of amides is 2. The molecule has 2 rings (SSSR count). The van der Waals surface area contributed by atoms with E-state index in [0.29, 0.717) is 29.7 Å². The van der Waals surface area contributed by atoms with Crippen molar-refractivity contribution < 1.29 is 18.7 Å². The fourth-order valence-electron chi connectivity index (χ4n) is 3.27. The summed E-state index contributed by atoms with van der Waals surface area (Å²) in [4.78, 5) is 12.1. The molecule has 134 valence electrons. The Morgan fingerprint density at radius 3 is 2.83 bits per heavy atom. The average molecular weight is 338 g/mol. The Bertz CT molecular complexity index is 565. The van der Waals surface area contributed by atoms with Crippen molar-refractivity contribution in [2.24, 2.45) is 11.8 Å². The summed E-state index contributed by atoms with van der Waals surface area (Å²) in [5, 5.41) is 5.64. The predicted molar refractivity (Wildman–Crippen MR) is 90.6 cm³/mol. The molecule has 5 nitrogen and oxygen atoms in total. The monoisotopic (exact) mass is 338 g/mol. The van der Waals surface area contributed by atoms with E-state index in [4.69, 9.17) is 9.47 Å². The van der Waals surface area contributed by atoms with Gasteiger partial charge in [-0.3, -0.25) is 0 Å². The highest BCUT2D eigenvalue weighted by Gasteiger charge is 2.30. The van der Waals surface area contributed by atoms with Crippen LogP contribution in [0.4, 0.5) is 9.18 Å². The summed E-state index contributed by atoms with van der Waals surface area (Å²) in [5.74, 6) is 0.760. The second kappa shape index (κ2) is 8.33. The molecule has 2 N–H and O–H groups in total. The Labute approximate surface area is 142 Å². The third-order valence-electron chi connectivity index (χ3n) is 4.46. The number of urea groups is 1. The highest BCUT2D eigenvalue weighted by atomic mass is 19.1. The number of hydrogen-bond acceptors (Lipinski definition) is 3. The molecular formula is C18H27FN2O3. The summed E-state index contributed by atoms with van der Waals surface area (Å²) in [6.45, 7) is 7.26. The van der Waals surface area contributed by atoms with Gasteiger partial charge in [0.2, 0.25) is 0 Å².